The van der Waals surface area contributed by atoms with Crippen LogP contribution in [0, 0.1) is 0 Å². The van der Waals surface area contributed by atoms with Crippen LogP contribution in [0.25, 0.3) is 0 Å². The number of aliphatic hydroxyl groups is 1. The summed E-state index contributed by atoms with van der Waals surface area (Å²) in [5.74, 6) is -0.0234. The first-order valence-corrected chi connectivity index (χ1v) is 7.30. The van der Waals surface area contributed by atoms with Crippen molar-refractivity contribution in [2.24, 2.45) is 0 Å². The Bertz CT molecular complexity index is 412. The summed E-state index contributed by atoms with van der Waals surface area (Å²) in [6.07, 6.45) is 0.332. The molecule has 0 spiro atoms. The van der Waals surface area contributed by atoms with Gasteiger partial charge in [-0.3, -0.25) is 9.69 Å². The van der Waals surface area contributed by atoms with Crippen molar-refractivity contribution < 1.29 is 9.90 Å². The molecule has 0 aromatic carbocycles. The fourth-order valence-electron chi connectivity index (χ4n) is 1.78. The van der Waals surface area contributed by atoms with Gasteiger partial charge in [0.15, 0.2) is 0 Å². The van der Waals surface area contributed by atoms with E-state index in [1.54, 1.807) is 20.9 Å². The third kappa shape index (κ3) is 6.13. The molecule has 5 nitrogen and oxygen atoms in total. The second-order valence-corrected chi connectivity index (χ2v) is 6.14. The Kier molecular flexibility index (Phi) is 5.90. The van der Waals surface area contributed by atoms with Gasteiger partial charge in [-0.2, -0.15) is 0 Å². The van der Waals surface area contributed by atoms with Crippen molar-refractivity contribution in [3.63, 3.8) is 0 Å². The largest absolute Gasteiger partial charge is 0.389 e. The van der Waals surface area contributed by atoms with Gasteiger partial charge < -0.3 is 10.4 Å². The molecule has 0 fully saturated rings. The SMILES string of the molecule is CCN(Cc1csc(CC(=O)NC)n1)CC(C)(C)O. The number of likely N-dealkylation sites (N-methyl/N-ethyl adjacent to an activating group) is 2. The highest BCUT2D eigenvalue weighted by molar-refractivity contribution is 7.09. The van der Waals surface area contributed by atoms with Crippen molar-refractivity contribution in [2.45, 2.75) is 39.3 Å². The number of carbonyl (C=O) groups is 1. The molecule has 6 heteroatoms. The monoisotopic (exact) mass is 285 g/mol. The van der Waals surface area contributed by atoms with E-state index in [-0.39, 0.29) is 5.91 Å². The van der Waals surface area contributed by atoms with Crippen molar-refractivity contribution in [3.8, 4) is 0 Å². The van der Waals surface area contributed by atoms with E-state index in [9.17, 15) is 9.90 Å². The third-order valence-corrected chi connectivity index (χ3v) is 3.53. The van der Waals surface area contributed by atoms with Gasteiger partial charge >= 0.3 is 0 Å². The average Bonchev–Trinajstić information content (AvgIpc) is 2.73. The van der Waals surface area contributed by atoms with Crippen LogP contribution in [0.1, 0.15) is 31.5 Å². The first kappa shape index (κ1) is 16.1. The van der Waals surface area contributed by atoms with Gasteiger partial charge in [0, 0.05) is 25.5 Å². The highest BCUT2D eigenvalue weighted by Crippen LogP contribution is 2.14. The maximum absolute atomic E-state index is 11.3. The number of hydrogen-bond donors (Lipinski definition) is 2. The molecule has 0 atom stereocenters. The minimum atomic E-state index is -0.711. The zero-order chi connectivity index (χ0) is 14.5. The summed E-state index contributed by atoms with van der Waals surface area (Å²) in [5.41, 5.74) is 0.242. The molecule has 0 radical (unpaired) electrons. The van der Waals surface area contributed by atoms with Crippen LogP contribution in [-0.4, -0.2) is 46.6 Å². The molecule has 2 N–H and O–H groups in total. The summed E-state index contributed by atoms with van der Waals surface area (Å²) in [5, 5.41) is 15.2. The maximum Gasteiger partial charge on any atom is 0.226 e. The summed E-state index contributed by atoms with van der Waals surface area (Å²) >= 11 is 1.50. The highest BCUT2D eigenvalue weighted by Gasteiger charge is 2.18. The van der Waals surface area contributed by atoms with Gasteiger partial charge in [-0.1, -0.05) is 6.92 Å². The highest BCUT2D eigenvalue weighted by atomic mass is 32.1. The summed E-state index contributed by atoms with van der Waals surface area (Å²) < 4.78 is 0. The van der Waals surface area contributed by atoms with Crippen LogP contribution in [0.5, 0.6) is 0 Å². The zero-order valence-corrected chi connectivity index (χ0v) is 12.9. The van der Waals surface area contributed by atoms with Crippen LogP contribution in [-0.2, 0) is 17.8 Å². The van der Waals surface area contributed by atoms with E-state index in [1.807, 2.05) is 5.38 Å². The maximum atomic E-state index is 11.3. The van der Waals surface area contributed by atoms with Gasteiger partial charge in [0.1, 0.15) is 5.01 Å². The minimum Gasteiger partial charge on any atom is -0.389 e. The fourth-order valence-corrected chi connectivity index (χ4v) is 2.57. The van der Waals surface area contributed by atoms with Crippen LogP contribution < -0.4 is 5.32 Å². The van der Waals surface area contributed by atoms with Crippen LogP contribution in [0.15, 0.2) is 5.38 Å². The van der Waals surface area contributed by atoms with Crippen molar-refractivity contribution in [1.82, 2.24) is 15.2 Å². The number of carbonyl (C=O) groups excluding carboxylic acids is 1. The van der Waals surface area contributed by atoms with Crippen LogP contribution in [0.2, 0.25) is 0 Å². The molecule has 108 valence electrons. The van der Waals surface area contributed by atoms with Crippen molar-refractivity contribution in [3.05, 3.63) is 16.1 Å². The molecule has 0 bridgehead atoms. The first-order valence-electron chi connectivity index (χ1n) is 6.42. The van der Waals surface area contributed by atoms with E-state index in [4.69, 9.17) is 0 Å². The fraction of sp³-hybridized carbons (Fsp3) is 0.692. The quantitative estimate of drug-likeness (QED) is 0.785. The van der Waals surface area contributed by atoms with E-state index >= 15 is 0 Å². The standard InChI is InChI=1S/C13H23N3O2S/c1-5-16(9-13(2,3)18)7-10-8-19-12(15-10)6-11(17)14-4/h8,18H,5-7,9H2,1-4H3,(H,14,17). The van der Waals surface area contributed by atoms with E-state index < -0.39 is 5.60 Å². The molecule has 1 heterocycles. The zero-order valence-electron chi connectivity index (χ0n) is 12.1. The van der Waals surface area contributed by atoms with Crippen LogP contribution >= 0.6 is 11.3 Å². The number of nitrogens with one attached hydrogen (secondary N) is 1. The Balaban J connectivity index is 2.58. The lowest BCUT2D eigenvalue weighted by atomic mass is 10.1. The second-order valence-electron chi connectivity index (χ2n) is 5.20. The van der Waals surface area contributed by atoms with E-state index in [0.717, 1.165) is 17.2 Å². The van der Waals surface area contributed by atoms with Gasteiger partial charge in [0.25, 0.3) is 0 Å². The predicted octanol–water partition coefficient (Wildman–Crippen LogP) is 1.02. The lowest BCUT2D eigenvalue weighted by Gasteiger charge is -2.27. The average molecular weight is 285 g/mol. The Morgan fingerprint density at radius 1 is 1.58 bits per heavy atom. The molecular formula is C13H23N3O2S. The Morgan fingerprint density at radius 2 is 2.26 bits per heavy atom. The molecule has 0 aliphatic carbocycles. The molecule has 19 heavy (non-hydrogen) atoms. The number of rotatable bonds is 7. The van der Waals surface area contributed by atoms with Crippen molar-refractivity contribution in [2.75, 3.05) is 20.1 Å². The van der Waals surface area contributed by atoms with Crippen LogP contribution in [0.4, 0.5) is 0 Å². The van der Waals surface area contributed by atoms with Crippen LogP contribution in [0.3, 0.4) is 0 Å². The van der Waals surface area contributed by atoms with Crippen molar-refractivity contribution >= 4 is 17.2 Å². The topological polar surface area (TPSA) is 65.5 Å². The summed E-state index contributed by atoms with van der Waals surface area (Å²) in [6, 6.07) is 0. The lowest BCUT2D eigenvalue weighted by Crippen LogP contribution is -2.38. The normalized spacial score (nSPS) is 11.9. The van der Waals surface area contributed by atoms with Gasteiger partial charge in [-0.25, -0.2) is 4.98 Å². The summed E-state index contributed by atoms with van der Waals surface area (Å²) in [6.45, 7) is 7.81. The number of nitrogens with zero attached hydrogens (tertiary/aromatic N) is 2. The molecule has 1 amide bonds. The minimum absolute atomic E-state index is 0.0234. The Morgan fingerprint density at radius 3 is 2.79 bits per heavy atom. The number of thiazole rings is 1. The van der Waals surface area contributed by atoms with Gasteiger partial charge in [-0.15, -0.1) is 11.3 Å². The molecule has 0 saturated carbocycles. The molecule has 0 saturated heterocycles. The summed E-state index contributed by atoms with van der Waals surface area (Å²) in [4.78, 5) is 17.9. The van der Waals surface area contributed by atoms with Gasteiger partial charge in [0.05, 0.1) is 17.7 Å². The molecule has 0 aliphatic heterocycles. The number of amides is 1. The van der Waals surface area contributed by atoms with E-state index in [1.165, 1.54) is 11.3 Å². The molecule has 0 unspecified atom stereocenters. The van der Waals surface area contributed by atoms with E-state index in [0.29, 0.717) is 19.5 Å². The smallest absolute Gasteiger partial charge is 0.226 e. The Labute approximate surface area is 118 Å². The molecule has 1 rings (SSSR count). The molecule has 0 aliphatic rings. The van der Waals surface area contributed by atoms with Gasteiger partial charge in [0.2, 0.25) is 5.91 Å². The predicted molar refractivity (Wildman–Crippen MR) is 77.1 cm³/mol. The second kappa shape index (κ2) is 6.98. The van der Waals surface area contributed by atoms with E-state index in [2.05, 4.69) is 22.1 Å². The number of hydrogen-bond acceptors (Lipinski definition) is 5. The molecule has 1 aromatic heterocycles. The van der Waals surface area contributed by atoms with Gasteiger partial charge in [-0.05, 0) is 20.4 Å². The lowest BCUT2D eigenvalue weighted by molar-refractivity contribution is -0.119. The van der Waals surface area contributed by atoms with Crippen molar-refractivity contribution in [1.29, 1.82) is 0 Å². The number of aromatic nitrogens is 1. The summed E-state index contributed by atoms with van der Waals surface area (Å²) in [7, 11) is 1.62. The molecule has 1 aromatic rings. The third-order valence-electron chi connectivity index (χ3n) is 2.63. The Hall–Kier alpha value is -0.980. The molecular weight excluding hydrogens is 262 g/mol. The first-order chi connectivity index (χ1) is 8.84.